The van der Waals surface area contributed by atoms with Gasteiger partial charge in [0.2, 0.25) is 0 Å². The predicted molar refractivity (Wildman–Crippen MR) is 157 cm³/mol. The lowest BCUT2D eigenvalue weighted by Gasteiger charge is -2.17. The average molecular weight is 536 g/mol. The molecular weight excluding hydrogens is 510 g/mol. The number of nitrogens with zero attached hydrogens (tertiary/aromatic N) is 3. The van der Waals surface area contributed by atoms with Gasteiger partial charge >= 0.3 is 0 Å². The number of amides is 1. The maximum atomic E-state index is 13.8. The molecule has 38 heavy (non-hydrogen) atoms. The maximum Gasteiger partial charge on any atom is 0.269 e. The Kier molecular flexibility index (Phi) is 6.94. The first-order valence-corrected chi connectivity index (χ1v) is 13.9. The van der Waals surface area contributed by atoms with E-state index in [2.05, 4.69) is 17.0 Å². The SMILES string of the molecule is CN1/C(=C2\SC(=Nc3ccc(OCc4ccccc4)cc3)N(Cc3ccccc3)C2=O)Sc2ccccc21. The van der Waals surface area contributed by atoms with Gasteiger partial charge in [0, 0.05) is 11.9 Å². The second-order valence-corrected chi connectivity index (χ2v) is 10.9. The number of amidine groups is 1. The molecule has 1 amide bonds. The van der Waals surface area contributed by atoms with E-state index in [1.165, 1.54) is 11.8 Å². The predicted octanol–water partition coefficient (Wildman–Crippen LogP) is 7.44. The molecule has 0 unspecified atom stereocenters. The number of rotatable bonds is 6. The molecule has 4 aromatic rings. The van der Waals surface area contributed by atoms with Gasteiger partial charge < -0.3 is 9.64 Å². The molecule has 0 aliphatic carbocycles. The molecule has 0 N–H and O–H groups in total. The normalized spacial score (nSPS) is 17.8. The molecule has 5 nitrogen and oxygen atoms in total. The minimum atomic E-state index is -0.0254. The van der Waals surface area contributed by atoms with Gasteiger partial charge in [-0.25, -0.2) is 4.99 Å². The quantitative estimate of drug-likeness (QED) is 0.240. The molecule has 0 radical (unpaired) electrons. The highest BCUT2D eigenvalue weighted by Gasteiger charge is 2.39. The average Bonchev–Trinajstić information content (AvgIpc) is 3.45. The number of hydrogen-bond acceptors (Lipinski definition) is 6. The third-order valence-electron chi connectivity index (χ3n) is 6.29. The van der Waals surface area contributed by atoms with E-state index in [0.29, 0.717) is 23.2 Å². The van der Waals surface area contributed by atoms with Crippen molar-refractivity contribution in [3.63, 3.8) is 0 Å². The fourth-order valence-electron chi connectivity index (χ4n) is 4.29. The van der Waals surface area contributed by atoms with Crippen LogP contribution in [0.4, 0.5) is 11.4 Å². The molecule has 0 aromatic heterocycles. The molecule has 4 aromatic carbocycles. The molecule has 0 spiro atoms. The van der Waals surface area contributed by atoms with Crippen LogP contribution in [0.25, 0.3) is 0 Å². The lowest BCUT2D eigenvalue weighted by Crippen LogP contribution is -2.29. The Morgan fingerprint density at radius 1 is 0.763 bits per heavy atom. The van der Waals surface area contributed by atoms with Gasteiger partial charge in [0.15, 0.2) is 5.17 Å². The Hall–Kier alpha value is -3.94. The van der Waals surface area contributed by atoms with E-state index in [0.717, 1.165) is 38.2 Å². The number of aliphatic imine (C=N–C) groups is 1. The van der Waals surface area contributed by atoms with Crippen LogP contribution in [0.3, 0.4) is 0 Å². The fourth-order valence-corrected chi connectivity index (χ4v) is 6.64. The maximum absolute atomic E-state index is 13.8. The number of benzene rings is 4. The van der Waals surface area contributed by atoms with Crippen molar-refractivity contribution >= 4 is 46.0 Å². The summed E-state index contributed by atoms with van der Waals surface area (Å²) < 4.78 is 5.93. The van der Waals surface area contributed by atoms with Gasteiger partial charge in [-0.2, -0.15) is 0 Å². The number of ether oxygens (including phenoxy) is 1. The largest absolute Gasteiger partial charge is 0.489 e. The highest BCUT2D eigenvalue weighted by Crippen LogP contribution is 2.50. The number of carbonyl (C=O) groups is 1. The lowest BCUT2D eigenvalue weighted by molar-refractivity contribution is -0.122. The number of thioether (sulfide) groups is 2. The number of para-hydroxylation sites is 1. The smallest absolute Gasteiger partial charge is 0.269 e. The first-order chi connectivity index (χ1) is 18.7. The van der Waals surface area contributed by atoms with Crippen molar-refractivity contribution < 1.29 is 9.53 Å². The molecule has 7 heteroatoms. The number of anilines is 1. The molecule has 0 saturated carbocycles. The van der Waals surface area contributed by atoms with Crippen LogP contribution in [0.15, 0.2) is 129 Å². The van der Waals surface area contributed by atoms with Crippen LogP contribution in [0, 0.1) is 0 Å². The van der Waals surface area contributed by atoms with Crippen molar-refractivity contribution in [1.82, 2.24) is 4.90 Å². The zero-order valence-corrected chi connectivity index (χ0v) is 22.4. The van der Waals surface area contributed by atoms with Crippen molar-refractivity contribution in [3.05, 3.63) is 130 Å². The van der Waals surface area contributed by atoms with Crippen LogP contribution < -0.4 is 9.64 Å². The standard InChI is InChI=1S/C31H25N3O2S2/c1-33-26-14-8-9-15-27(26)37-30(33)28-29(35)34(20-22-10-4-2-5-11-22)31(38-28)32-24-16-18-25(19-17-24)36-21-23-12-6-3-7-13-23/h2-19H,20-21H2,1H3/b30-28+,32-31?. The third-order valence-corrected chi connectivity index (χ3v) is 8.72. The zero-order chi connectivity index (χ0) is 25.9. The molecule has 0 bridgehead atoms. The summed E-state index contributed by atoms with van der Waals surface area (Å²) in [5.41, 5.74) is 4.05. The first-order valence-electron chi connectivity index (χ1n) is 12.3. The Bertz CT molecular complexity index is 1520. The summed E-state index contributed by atoms with van der Waals surface area (Å²) in [6.45, 7) is 0.969. The van der Waals surface area contributed by atoms with Gasteiger partial charge in [-0.1, -0.05) is 84.6 Å². The van der Waals surface area contributed by atoms with Crippen LogP contribution in [-0.4, -0.2) is 23.0 Å². The van der Waals surface area contributed by atoms with Gasteiger partial charge in [-0.15, -0.1) is 0 Å². The molecular formula is C31H25N3O2S2. The van der Waals surface area contributed by atoms with E-state index in [1.807, 2.05) is 104 Å². The summed E-state index contributed by atoms with van der Waals surface area (Å²) in [7, 11) is 2.01. The van der Waals surface area contributed by atoms with E-state index in [-0.39, 0.29) is 5.91 Å². The topological polar surface area (TPSA) is 45.1 Å². The van der Waals surface area contributed by atoms with Crippen LogP contribution in [-0.2, 0) is 17.9 Å². The molecule has 1 saturated heterocycles. The molecule has 188 valence electrons. The van der Waals surface area contributed by atoms with Crippen molar-refractivity contribution in [1.29, 1.82) is 0 Å². The molecule has 2 aliphatic heterocycles. The minimum Gasteiger partial charge on any atom is -0.489 e. The van der Waals surface area contributed by atoms with Crippen LogP contribution in [0.2, 0.25) is 0 Å². The van der Waals surface area contributed by atoms with Gasteiger partial charge in [0.25, 0.3) is 5.91 Å². The van der Waals surface area contributed by atoms with Crippen molar-refractivity contribution in [2.75, 3.05) is 11.9 Å². The van der Waals surface area contributed by atoms with Gasteiger partial charge in [-0.3, -0.25) is 9.69 Å². The van der Waals surface area contributed by atoms with E-state index in [4.69, 9.17) is 9.73 Å². The second kappa shape index (κ2) is 10.8. The van der Waals surface area contributed by atoms with Crippen LogP contribution in [0.5, 0.6) is 5.75 Å². The second-order valence-electron chi connectivity index (χ2n) is 8.90. The van der Waals surface area contributed by atoms with Gasteiger partial charge in [0.05, 0.1) is 22.9 Å². The molecule has 2 heterocycles. The number of hydrogen-bond donors (Lipinski definition) is 0. The van der Waals surface area contributed by atoms with Gasteiger partial charge in [-0.05, 0) is 59.3 Å². The van der Waals surface area contributed by atoms with E-state index >= 15 is 0 Å². The van der Waals surface area contributed by atoms with Crippen LogP contribution >= 0.6 is 23.5 Å². The van der Waals surface area contributed by atoms with Crippen LogP contribution in [0.1, 0.15) is 11.1 Å². The number of fused-ring (bicyclic) bond motifs is 1. The van der Waals surface area contributed by atoms with Crippen molar-refractivity contribution in [3.8, 4) is 5.75 Å². The molecule has 1 fully saturated rings. The Labute approximate surface area is 230 Å². The minimum absolute atomic E-state index is 0.0254. The monoisotopic (exact) mass is 535 g/mol. The summed E-state index contributed by atoms with van der Waals surface area (Å²) >= 11 is 3.07. The summed E-state index contributed by atoms with van der Waals surface area (Å²) in [6, 6.07) is 36.0. The highest BCUT2D eigenvalue weighted by molar-refractivity contribution is 8.19. The van der Waals surface area contributed by atoms with Crippen molar-refractivity contribution in [2.24, 2.45) is 4.99 Å². The Morgan fingerprint density at radius 3 is 2.13 bits per heavy atom. The Balaban J connectivity index is 1.28. The summed E-state index contributed by atoms with van der Waals surface area (Å²) in [4.78, 5) is 24.4. The van der Waals surface area contributed by atoms with Gasteiger partial charge in [0.1, 0.15) is 17.3 Å². The lowest BCUT2D eigenvalue weighted by atomic mass is 10.2. The Morgan fingerprint density at radius 2 is 1.42 bits per heavy atom. The molecule has 2 aliphatic rings. The van der Waals surface area contributed by atoms with E-state index < -0.39 is 0 Å². The van der Waals surface area contributed by atoms with Crippen molar-refractivity contribution in [2.45, 2.75) is 18.0 Å². The third kappa shape index (κ3) is 5.08. The van der Waals surface area contributed by atoms with E-state index in [9.17, 15) is 4.79 Å². The molecule has 0 atom stereocenters. The fraction of sp³-hybridized carbons (Fsp3) is 0.0968. The summed E-state index contributed by atoms with van der Waals surface area (Å²) in [6.07, 6.45) is 0. The number of carbonyl (C=O) groups excluding carboxylic acids is 1. The zero-order valence-electron chi connectivity index (χ0n) is 20.8. The van der Waals surface area contributed by atoms with E-state index in [1.54, 1.807) is 16.7 Å². The summed E-state index contributed by atoms with van der Waals surface area (Å²) in [5.74, 6) is 0.751. The first kappa shape index (κ1) is 24.4. The summed E-state index contributed by atoms with van der Waals surface area (Å²) in [5, 5.41) is 1.61. The molecule has 6 rings (SSSR count). The highest BCUT2D eigenvalue weighted by atomic mass is 32.2.